The highest BCUT2D eigenvalue weighted by atomic mass is 16.2. The lowest BCUT2D eigenvalue weighted by atomic mass is 10.00. The third kappa shape index (κ3) is 26.9. The van der Waals surface area contributed by atoms with Gasteiger partial charge >= 0.3 is 0 Å². The van der Waals surface area contributed by atoms with Crippen molar-refractivity contribution in [1.29, 1.82) is 0 Å². The normalized spacial score (nSPS) is 11.9. The van der Waals surface area contributed by atoms with Crippen LogP contribution in [0.5, 0.6) is 0 Å². The van der Waals surface area contributed by atoms with E-state index in [2.05, 4.69) is 385 Å². The Kier molecular flexibility index (Phi) is 34.2. The van der Waals surface area contributed by atoms with Crippen LogP contribution in [0.25, 0.3) is 98.9 Å². The fraction of sp³-hybridized carbons (Fsp3) is 0.318. The quantitative estimate of drug-likeness (QED) is 0.0574. The molecule has 2 aliphatic heterocycles. The molecule has 6 aromatic carbocycles. The molecule has 0 aliphatic carbocycles. The van der Waals surface area contributed by atoms with E-state index in [4.69, 9.17) is 0 Å². The van der Waals surface area contributed by atoms with Crippen molar-refractivity contribution in [3.8, 4) is 0 Å². The van der Waals surface area contributed by atoms with Crippen molar-refractivity contribution < 1.29 is 9.59 Å². The lowest BCUT2D eigenvalue weighted by Crippen LogP contribution is -2.03. The maximum atomic E-state index is 11.1. The van der Waals surface area contributed by atoms with Crippen LogP contribution < -0.4 is 10.6 Å². The second-order valence-electron chi connectivity index (χ2n) is 37.4. The number of aromatic nitrogens is 20. The molecule has 24 heteroatoms. The third-order valence-electron chi connectivity index (χ3n) is 23.4. The van der Waals surface area contributed by atoms with Crippen LogP contribution in [-0.4, -0.2) is 112 Å². The van der Waals surface area contributed by atoms with Crippen molar-refractivity contribution >= 4 is 122 Å². The first kappa shape index (κ1) is 98.5. The molecule has 134 heavy (non-hydrogen) atoms. The molecule has 14 aromatic heterocycles. The second-order valence-corrected chi connectivity index (χ2v) is 37.4. The van der Waals surface area contributed by atoms with Gasteiger partial charge in [0, 0.05) is 99.4 Å². The first-order chi connectivity index (χ1) is 64.3. The fourth-order valence-electron chi connectivity index (χ4n) is 14.7. The summed E-state index contributed by atoms with van der Waals surface area (Å²) in [6.45, 7) is 47.6. The van der Waals surface area contributed by atoms with Crippen molar-refractivity contribution in [2.45, 2.75) is 230 Å². The standard InChI is InChI=1S/2C11H13NO.2C11H13N.3C10H12N2.4C9H11N3/c1-7(2)8-3-4-10-9(5-8)6-11(13)12-10;1-7(2)8-3-4-9-6-11(13)12-10(9)5-8;1-8(2)9-3-4-11-10(7-9)5-6-12-11;1-8(2)10-4-3-9-5-6-12-11(9)7-10;1-7(2)9-5-8-3-4-11-10(8)12-6-9;1-7(2)8-3-4-10-9(5-8)6-11-12-10;1-7(2)8-3-4-9-6-11-12-10(9)5-8;1-6(2)7-3-11-8-4-10-5-12-9(7)8;1-6(2)7-3-8-5-11-12-9(8)10-4-7;1-6(2)9-11-5-8-7(12-9)3-4-10-8;1-6(2)8-5-11-9-7(12-8)3-4-10-9/h2*3-5,7H,6H2,1-2H3,(H,12,13);2*3-8,12H,1-2H3;3*3-7H,1-2H3,(H,11,12);3-6,11H,1-2H3;3-6H,1-2H3,(H,10,11,12);3-6,10H,1-2H3;3-6H,1-2H3,(H,10,11). The zero-order valence-corrected chi connectivity index (χ0v) is 81.6. The SMILES string of the molecule is CC(C)c1c[nH]c2cncnc12.CC(C)c1ccc2[nH]ccc2c1.CC(C)c1ccc2[nH]ncc2c1.CC(C)c1ccc2c(c1)CC(=O)N2.CC(C)c1ccc2c(c1)NC(=O)C2.CC(C)c1ccc2cc[nH]c2c1.CC(C)c1ccc2cn[nH]c2c1.CC(C)c1cnc2[nH]ccc2c1.CC(C)c1cnc2[nH]ccc2n1.CC(C)c1cnc2[nH]ncc2c1.CC(C)c1ncc2[nH]ccc2n1. The number of carbonyl (C=O) groups is 2. The van der Waals surface area contributed by atoms with E-state index in [1.54, 1.807) is 18.7 Å². The number of hydrogen-bond acceptors (Lipinski definition) is 13. The average Bonchev–Trinajstić information content (AvgIpc) is 1.64. The van der Waals surface area contributed by atoms with Crippen molar-refractivity contribution in [2.24, 2.45) is 0 Å². The summed E-state index contributed by atoms with van der Waals surface area (Å²) >= 11 is 0. The predicted molar refractivity (Wildman–Crippen MR) is 553 cm³/mol. The molecule has 0 fully saturated rings. The number of pyridine rings is 2. The first-order valence-electron chi connectivity index (χ1n) is 46.7. The maximum absolute atomic E-state index is 11.1. The van der Waals surface area contributed by atoms with E-state index >= 15 is 0 Å². The van der Waals surface area contributed by atoms with Gasteiger partial charge in [-0.15, -0.1) is 0 Å². The summed E-state index contributed by atoms with van der Waals surface area (Å²) in [5.74, 6) is 6.98. The highest BCUT2D eigenvalue weighted by molar-refractivity contribution is 6.00. The molecule has 2 aliphatic rings. The van der Waals surface area contributed by atoms with Crippen molar-refractivity contribution in [3.63, 3.8) is 0 Å². The summed E-state index contributed by atoms with van der Waals surface area (Å²) in [6, 6.07) is 52.9. The number of aromatic amines is 9. The Morgan fingerprint density at radius 1 is 0.276 bits per heavy atom. The molecule has 0 radical (unpaired) electrons. The minimum atomic E-state index is 0.107. The second kappa shape index (κ2) is 46.5. The van der Waals surface area contributed by atoms with E-state index in [1.165, 1.54) is 88.0 Å². The molecule has 0 atom stereocenters. The van der Waals surface area contributed by atoms with E-state index in [1.807, 2.05) is 105 Å². The maximum Gasteiger partial charge on any atom is 0.228 e. The predicted octanol–water partition coefficient (Wildman–Crippen LogP) is 27.6. The van der Waals surface area contributed by atoms with Gasteiger partial charge < -0.3 is 40.5 Å². The van der Waals surface area contributed by atoms with Crippen LogP contribution in [-0.2, 0) is 22.4 Å². The van der Waals surface area contributed by atoms with Gasteiger partial charge in [0.05, 0.1) is 88.8 Å². The molecule has 0 spiro atoms. The van der Waals surface area contributed by atoms with Crippen LogP contribution >= 0.6 is 0 Å². The average molecular weight is 1790 g/mol. The summed E-state index contributed by atoms with van der Waals surface area (Å²) in [6.07, 6.45) is 29.1. The number of anilines is 2. The third-order valence-corrected chi connectivity index (χ3v) is 23.4. The molecule has 0 saturated heterocycles. The van der Waals surface area contributed by atoms with E-state index in [0.29, 0.717) is 77.9 Å². The van der Waals surface area contributed by atoms with E-state index in [0.717, 1.165) is 95.0 Å². The lowest BCUT2D eigenvalue weighted by molar-refractivity contribution is -0.115. The van der Waals surface area contributed by atoms with Gasteiger partial charge in [-0.05, 0) is 222 Å². The number of hydrogen-bond donors (Lipinski definition) is 11. The molecule has 2 amide bonds. The number of nitrogens with zero attached hydrogens (tertiary/aromatic N) is 11. The van der Waals surface area contributed by atoms with Crippen molar-refractivity contribution in [3.05, 3.63) is 317 Å². The van der Waals surface area contributed by atoms with Gasteiger partial charge in [0.15, 0.2) is 11.3 Å². The van der Waals surface area contributed by atoms with Gasteiger partial charge in [0.2, 0.25) is 11.8 Å². The number of H-pyrrole nitrogens is 9. The van der Waals surface area contributed by atoms with Gasteiger partial charge in [0.25, 0.3) is 0 Å². The zero-order chi connectivity index (χ0) is 95.8. The molecule has 0 bridgehead atoms. The Labute approximate surface area is 785 Å². The molecule has 16 heterocycles. The van der Waals surface area contributed by atoms with Crippen LogP contribution in [0.15, 0.2) is 245 Å². The van der Waals surface area contributed by atoms with Crippen LogP contribution in [0.3, 0.4) is 0 Å². The summed E-state index contributed by atoms with van der Waals surface area (Å²) in [4.78, 5) is 74.9. The number of benzene rings is 6. The number of amides is 2. The lowest BCUT2D eigenvalue weighted by Gasteiger charge is -2.06. The van der Waals surface area contributed by atoms with Gasteiger partial charge in [-0.3, -0.25) is 24.9 Å². The van der Waals surface area contributed by atoms with Crippen molar-refractivity contribution in [2.75, 3.05) is 10.6 Å². The Morgan fingerprint density at radius 2 is 0.761 bits per heavy atom. The van der Waals surface area contributed by atoms with Gasteiger partial charge in [-0.25, -0.2) is 39.9 Å². The summed E-state index contributed by atoms with van der Waals surface area (Å²) in [7, 11) is 0. The van der Waals surface area contributed by atoms with Crippen LogP contribution in [0.4, 0.5) is 11.4 Å². The van der Waals surface area contributed by atoms with Crippen molar-refractivity contribution in [1.82, 2.24) is 100 Å². The number of nitrogens with one attached hydrogen (secondary N) is 11. The van der Waals surface area contributed by atoms with Gasteiger partial charge in [-0.2, -0.15) is 15.3 Å². The largest absolute Gasteiger partial charge is 0.361 e. The Bertz CT molecular complexity index is 6120. The number of rotatable bonds is 11. The Balaban J connectivity index is 0.000000133. The molecule has 11 N–H and O–H groups in total. The van der Waals surface area contributed by atoms with E-state index < -0.39 is 0 Å². The highest BCUT2D eigenvalue weighted by Gasteiger charge is 2.20. The molecule has 24 nitrogen and oxygen atoms in total. The zero-order valence-electron chi connectivity index (χ0n) is 81.6. The molecular formula is C110H132N22O2. The van der Waals surface area contributed by atoms with Crippen LogP contribution in [0.1, 0.15) is 290 Å². The molecule has 20 aromatic rings. The first-order valence-corrected chi connectivity index (χ1v) is 46.7. The Morgan fingerprint density at radius 3 is 1.43 bits per heavy atom. The Hall–Kier alpha value is -14.6. The summed E-state index contributed by atoms with van der Waals surface area (Å²) in [5.41, 5.74) is 29.6. The van der Waals surface area contributed by atoms with E-state index in [9.17, 15) is 9.59 Å². The number of fused-ring (bicyclic) bond motifs is 11. The van der Waals surface area contributed by atoms with Crippen LogP contribution in [0.2, 0.25) is 0 Å². The van der Waals surface area contributed by atoms with Crippen LogP contribution in [0, 0.1) is 0 Å². The minimum absolute atomic E-state index is 0.107. The molecular weight excluding hydrogens is 1660 g/mol. The molecule has 0 unspecified atom stereocenters. The number of carbonyl (C=O) groups excluding carboxylic acids is 2. The summed E-state index contributed by atoms with van der Waals surface area (Å²) < 4.78 is 0. The molecule has 22 rings (SSSR count). The summed E-state index contributed by atoms with van der Waals surface area (Å²) in [5, 5.41) is 33.5. The fourth-order valence-corrected chi connectivity index (χ4v) is 14.7. The smallest absolute Gasteiger partial charge is 0.228 e. The molecule has 0 saturated carbocycles. The van der Waals surface area contributed by atoms with Gasteiger partial charge in [0.1, 0.15) is 23.3 Å². The monoisotopic (exact) mass is 1790 g/mol. The van der Waals surface area contributed by atoms with Gasteiger partial charge in [-0.1, -0.05) is 213 Å². The molecule has 694 valence electrons. The highest BCUT2D eigenvalue weighted by Crippen LogP contribution is 2.32. The topological polar surface area (TPSA) is 342 Å². The minimum Gasteiger partial charge on any atom is -0.361 e. The van der Waals surface area contributed by atoms with E-state index in [-0.39, 0.29) is 11.8 Å².